The van der Waals surface area contributed by atoms with E-state index in [4.69, 9.17) is 0 Å². The largest absolute Gasteiger partial charge is 0.320 e. The molecule has 1 spiro atoms. The Morgan fingerprint density at radius 1 is 1.40 bits per heavy atom. The van der Waals surface area contributed by atoms with Crippen LogP contribution in [0.4, 0.5) is 4.39 Å². The average Bonchev–Trinajstić information content (AvgIpc) is 3.13. The maximum absolute atomic E-state index is 13.0. The Morgan fingerprint density at radius 3 is 2.60 bits per heavy atom. The molecule has 2 atom stereocenters. The van der Waals surface area contributed by atoms with Crippen molar-refractivity contribution in [2.45, 2.75) is 24.5 Å². The molecule has 1 aliphatic heterocycles. The average molecular weight is 296 g/mol. The van der Waals surface area contributed by atoms with Gasteiger partial charge in [0.2, 0.25) is 5.91 Å². The van der Waals surface area contributed by atoms with Crippen LogP contribution < -0.4 is 5.32 Å². The van der Waals surface area contributed by atoms with Crippen molar-refractivity contribution in [3.63, 3.8) is 0 Å². The SMILES string of the molecule is CS(=O)CCN1C(=O)C2(CC2)NC1c1ccc(F)cc1. The smallest absolute Gasteiger partial charge is 0.244 e. The van der Waals surface area contributed by atoms with E-state index in [9.17, 15) is 13.4 Å². The van der Waals surface area contributed by atoms with Gasteiger partial charge < -0.3 is 4.90 Å². The van der Waals surface area contributed by atoms with Gasteiger partial charge in [0.05, 0.1) is 0 Å². The standard InChI is InChI=1S/C14H17FN2O2S/c1-20(19)9-8-17-12(10-2-4-11(15)5-3-10)16-14(6-7-14)13(17)18/h2-5,12,16H,6-9H2,1H3. The van der Waals surface area contributed by atoms with Gasteiger partial charge in [0, 0.05) is 29.4 Å². The van der Waals surface area contributed by atoms with Crippen LogP contribution in [0.2, 0.25) is 0 Å². The molecule has 1 saturated carbocycles. The van der Waals surface area contributed by atoms with Gasteiger partial charge in [0.25, 0.3) is 0 Å². The second-order valence-electron chi connectivity index (χ2n) is 5.46. The minimum absolute atomic E-state index is 0.0808. The molecule has 0 radical (unpaired) electrons. The van der Waals surface area contributed by atoms with Crippen LogP contribution in [-0.2, 0) is 15.6 Å². The molecule has 1 aliphatic carbocycles. The highest BCUT2D eigenvalue weighted by molar-refractivity contribution is 7.84. The number of nitrogens with one attached hydrogen (secondary N) is 1. The van der Waals surface area contributed by atoms with Crippen molar-refractivity contribution in [1.82, 2.24) is 10.2 Å². The van der Waals surface area contributed by atoms with Gasteiger partial charge in [-0.1, -0.05) is 12.1 Å². The van der Waals surface area contributed by atoms with E-state index < -0.39 is 16.3 Å². The Kier molecular flexibility index (Phi) is 3.38. The van der Waals surface area contributed by atoms with Crippen molar-refractivity contribution >= 4 is 16.7 Å². The van der Waals surface area contributed by atoms with Crippen molar-refractivity contribution < 1.29 is 13.4 Å². The number of carbonyl (C=O) groups is 1. The second kappa shape index (κ2) is 4.93. The molecule has 2 aliphatic rings. The summed E-state index contributed by atoms with van der Waals surface area (Å²) in [5.74, 6) is 0.249. The van der Waals surface area contributed by atoms with Gasteiger partial charge >= 0.3 is 0 Å². The summed E-state index contributed by atoms with van der Waals surface area (Å²) in [5, 5.41) is 3.36. The number of benzene rings is 1. The molecular formula is C14H17FN2O2S. The van der Waals surface area contributed by atoms with Gasteiger partial charge in [-0.05, 0) is 30.5 Å². The summed E-state index contributed by atoms with van der Waals surface area (Å²) in [6.45, 7) is 0.457. The van der Waals surface area contributed by atoms with Crippen molar-refractivity contribution in [2.24, 2.45) is 0 Å². The molecule has 1 amide bonds. The first-order valence-electron chi connectivity index (χ1n) is 6.66. The van der Waals surface area contributed by atoms with E-state index in [-0.39, 0.29) is 17.9 Å². The fourth-order valence-electron chi connectivity index (χ4n) is 2.64. The summed E-state index contributed by atoms with van der Waals surface area (Å²) in [6.07, 6.45) is 3.08. The molecule has 1 saturated heterocycles. The summed E-state index contributed by atoms with van der Waals surface area (Å²) in [4.78, 5) is 14.2. The third-order valence-electron chi connectivity index (χ3n) is 3.95. The Labute approximate surface area is 119 Å². The maximum atomic E-state index is 13.0. The number of hydrogen-bond donors (Lipinski definition) is 1. The molecule has 20 heavy (non-hydrogen) atoms. The molecule has 2 unspecified atom stereocenters. The topological polar surface area (TPSA) is 49.4 Å². The van der Waals surface area contributed by atoms with Crippen LogP contribution in [0.25, 0.3) is 0 Å². The molecular weight excluding hydrogens is 279 g/mol. The van der Waals surface area contributed by atoms with Crippen LogP contribution in [0.3, 0.4) is 0 Å². The minimum atomic E-state index is -0.938. The Morgan fingerprint density at radius 2 is 2.05 bits per heavy atom. The third-order valence-corrected chi connectivity index (χ3v) is 4.71. The summed E-state index contributed by atoms with van der Waals surface area (Å²) in [5.41, 5.74) is 0.444. The first-order chi connectivity index (χ1) is 9.52. The quantitative estimate of drug-likeness (QED) is 0.907. The molecule has 1 aromatic carbocycles. The van der Waals surface area contributed by atoms with E-state index >= 15 is 0 Å². The van der Waals surface area contributed by atoms with Crippen molar-refractivity contribution in [2.75, 3.05) is 18.6 Å². The van der Waals surface area contributed by atoms with Gasteiger partial charge in [0.1, 0.15) is 17.5 Å². The number of halogens is 1. The number of hydrogen-bond acceptors (Lipinski definition) is 3. The molecule has 3 rings (SSSR count). The minimum Gasteiger partial charge on any atom is -0.320 e. The Bertz CT molecular complexity index is 557. The van der Waals surface area contributed by atoms with Crippen LogP contribution in [0.15, 0.2) is 24.3 Å². The number of nitrogens with zero attached hydrogens (tertiary/aromatic N) is 1. The molecule has 0 bridgehead atoms. The van der Waals surface area contributed by atoms with Gasteiger partial charge in [-0.2, -0.15) is 0 Å². The molecule has 0 aromatic heterocycles. The highest BCUT2D eigenvalue weighted by atomic mass is 32.2. The third kappa shape index (κ3) is 2.38. The van der Waals surface area contributed by atoms with E-state index in [0.29, 0.717) is 12.3 Å². The first kappa shape index (κ1) is 13.7. The predicted molar refractivity (Wildman–Crippen MR) is 74.9 cm³/mol. The lowest BCUT2D eigenvalue weighted by Gasteiger charge is -2.24. The van der Waals surface area contributed by atoms with Gasteiger partial charge in [0.15, 0.2) is 0 Å². The van der Waals surface area contributed by atoms with Crippen molar-refractivity contribution in [3.8, 4) is 0 Å². The van der Waals surface area contributed by atoms with E-state index in [1.54, 1.807) is 23.3 Å². The highest BCUT2D eigenvalue weighted by Crippen LogP contribution is 2.45. The predicted octanol–water partition coefficient (Wildman–Crippen LogP) is 1.17. The monoisotopic (exact) mass is 296 g/mol. The van der Waals surface area contributed by atoms with Crippen molar-refractivity contribution in [3.05, 3.63) is 35.6 Å². The maximum Gasteiger partial charge on any atom is 0.244 e. The van der Waals surface area contributed by atoms with Crippen LogP contribution in [0.5, 0.6) is 0 Å². The zero-order valence-corrected chi connectivity index (χ0v) is 12.1. The summed E-state index contributed by atoms with van der Waals surface area (Å²) in [6, 6.07) is 6.18. The Hall–Kier alpha value is -1.27. The molecule has 1 heterocycles. The lowest BCUT2D eigenvalue weighted by Crippen LogP contribution is -2.34. The van der Waals surface area contributed by atoms with Crippen LogP contribution in [0, 0.1) is 5.82 Å². The number of amides is 1. The first-order valence-corrected chi connectivity index (χ1v) is 8.39. The number of carbonyl (C=O) groups excluding carboxylic acids is 1. The lowest BCUT2D eigenvalue weighted by molar-refractivity contribution is -0.130. The molecule has 2 fully saturated rings. The summed E-state index contributed by atoms with van der Waals surface area (Å²) >= 11 is 0. The highest BCUT2D eigenvalue weighted by Gasteiger charge is 2.59. The normalized spacial score (nSPS) is 25.2. The molecule has 6 heteroatoms. The Balaban J connectivity index is 1.85. The van der Waals surface area contributed by atoms with Gasteiger partial charge in [-0.15, -0.1) is 0 Å². The molecule has 108 valence electrons. The van der Waals surface area contributed by atoms with E-state index in [2.05, 4.69) is 5.32 Å². The zero-order valence-electron chi connectivity index (χ0n) is 11.3. The molecule has 1 N–H and O–H groups in total. The molecule has 1 aromatic rings. The zero-order chi connectivity index (χ0) is 14.3. The van der Waals surface area contributed by atoms with E-state index in [1.807, 2.05) is 0 Å². The van der Waals surface area contributed by atoms with Crippen LogP contribution >= 0.6 is 0 Å². The fourth-order valence-corrected chi connectivity index (χ4v) is 3.10. The number of rotatable bonds is 4. The van der Waals surface area contributed by atoms with Crippen LogP contribution in [0.1, 0.15) is 24.6 Å². The molecule has 4 nitrogen and oxygen atoms in total. The second-order valence-corrected chi connectivity index (χ2v) is 7.01. The lowest BCUT2D eigenvalue weighted by atomic mass is 10.1. The van der Waals surface area contributed by atoms with E-state index in [1.165, 1.54) is 12.1 Å². The summed E-state index contributed by atoms with van der Waals surface area (Å²) < 4.78 is 24.3. The van der Waals surface area contributed by atoms with Gasteiger partial charge in [-0.3, -0.25) is 14.3 Å². The van der Waals surface area contributed by atoms with Crippen LogP contribution in [-0.4, -0.2) is 39.1 Å². The van der Waals surface area contributed by atoms with Crippen molar-refractivity contribution in [1.29, 1.82) is 0 Å². The summed E-state index contributed by atoms with van der Waals surface area (Å²) in [7, 11) is -0.938. The fraction of sp³-hybridized carbons (Fsp3) is 0.500. The van der Waals surface area contributed by atoms with Gasteiger partial charge in [-0.25, -0.2) is 4.39 Å². The van der Waals surface area contributed by atoms with E-state index in [0.717, 1.165) is 18.4 Å².